The van der Waals surface area contributed by atoms with Crippen LogP contribution in [0.25, 0.3) is 0 Å². The van der Waals surface area contributed by atoms with Crippen molar-refractivity contribution in [3.63, 3.8) is 0 Å². The van der Waals surface area contributed by atoms with Crippen LogP contribution in [0.2, 0.25) is 0 Å². The Labute approximate surface area is 134 Å². The molecule has 0 unspecified atom stereocenters. The van der Waals surface area contributed by atoms with E-state index in [9.17, 15) is 13.2 Å². The molecule has 0 heterocycles. The summed E-state index contributed by atoms with van der Waals surface area (Å²) in [6, 6.07) is 7.03. The molecule has 1 aromatic carbocycles. The number of amides is 1. The summed E-state index contributed by atoms with van der Waals surface area (Å²) in [5, 5.41) is 0. The summed E-state index contributed by atoms with van der Waals surface area (Å²) >= 11 is 3.29. The molecule has 0 N–H and O–H groups in total. The van der Waals surface area contributed by atoms with Gasteiger partial charge in [0.25, 0.3) is 0 Å². The molecule has 0 atom stereocenters. The third kappa shape index (κ3) is 6.27. The van der Waals surface area contributed by atoms with E-state index in [1.165, 1.54) is 4.90 Å². The zero-order valence-electron chi connectivity index (χ0n) is 11.7. The highest BCUT2D eigenvalue weighted by molar-refractivity contribution is 9.10. The maximum atomic E-state index is 12.1. The highest BCUT2D eigenvalue weighted by Crippen LogP contribution is 2.14. The molecule has 0 saturated heterocycles. The number of carbonyl (C=O) groups is 1. The van der Waals surface area contributed by atoms with Crippen LogP contribution in [0, 0.1) is 0 Å². The van der Waals surface area contributed by atoms with E-state index in [4.69, 9.17) is 0 Å². The molecule has 0 radical (unpaired) electrons. The van der Waals surface area contributed by atoms with E-state index in [1.54, 1.807) is 30.4 Å². The quantitative estimate of drug-likeness (QED) is 0.659. The molecule has 0 bridgehead atoms. The van der Waals surface area contributed by atoms with Crippen molar-refractivity contribution in [3.8, 4) is 0 Å². The lowest BCUT2D eigenvalue weighted by Gasteiger charge is -2.19. The van der Waals surface area contributed by atoms with E-state index >= 15 is 0 Å². The first-order valence-corrected chi connectivity index (χ1v) is 8.94. The maximum Gasteiger partial charge on any atom is 0.238 e. The summed E-state index contributed by atoms with van der Waals surface area (Å²) in [6.07, 6.45) is 3.12. The van der Waals surface area contributed by atoms with Crippen LogP contribution in [0.3, 0.4) is 0 Å². The molecular weight excluding hydrogens is 354 g/mol. The van der Waals surface area contributed by atoms with E-state index < -0.39 is 21.5 Å². The normalized spacial score (nSPS) is 10.9. The average molecular weight is 372 g/mol. The second kappa shape index (κ2) is 8.14. The van der Waals surface area contributed by atoms with Gasteiger partial charge in [-0.15, -0.1) is 13.2 Å². The molecule has 114 valence electrons. The van der Waals surface area contributed by atoms with E-state index in [1.807, 2.05) is 6.07 Å². The predicted octanol–water partition coefficient (Wildman–Crippen LogP) is 2.56. The van der Waals surface area contributed by atoms with Crippen molar-refractivity contribution < 1.29 is 13.2 Å². The molecule has 0 saturated carbocycles. The van der Waals surface area contributed by atoms with Gasteiger partial charge >= 0.3 is 0 Å². The van der Waals surface area contributed by atoms with Gasteiger partial charge in [0.15, 0.2) is 9.84 Å². The molecule has 1 rings (SSSR count). The fraction of sp³-hybridized carbons (Fsp3) is 0.267. The number of halogens is 1. The minimum absolute atomic E-state index is 0.159. The molecule has 1 amide bonds. The van der Waals surface area contributed by atoms with Gasteiger partial charge in [-0.2, -0.15) is 0 Å². The minimum atomic E-state index is -3.51. The summed E-state index contributed by atoms with van der Waals surface area (Å²) in [5.41, 5.74) is 0.649. The van der Waals surface area contributed by atoms with Crippen LogP contribution in [0.4, 0.5) is 0 Å². The Balaban J connectivity index is 2.77. The Kier molecular flexibility index (Phi) is 6.84. The van der Waals surface area contributed by atoms with Gasteiger partial charge < -0.3 is 4.90 Å². The smallest absolute Gasteiger partial charge is 0.238 e. The molecule has 0 spiro atoms. The first-order chi connectivity index (χ1) is 9.88. The van der Waals surface area contributed by atoms with Crippen molar-refractivity contribution in [2.75, 3.05) is 18.8 Å². The standard InChI is InChI=1S/C15H18BrNO3S/c1-3-8-17(9-4-2)15(18)12-21(19,20)11-13-6-5-7-14(16)10-13/h3-7,10H,1-2,8-9,11-12H2. The third-order valence-corrected chi connectivity index (χ3v) is 4.62. The Morgan fingerprint density at radius 3 is 2.38 bits per heavy atom. The summed E-state index contributed by atoms with van der Waals surface area (Å²) in [6.45, 7) is 7.72. The van der Waals surface area contributed by atoms with Crippen LogP contribution in [0.1, 0.15) is 5.56 Å². The fourth-order valence-electron chi connectivity index (χ4n) is 1.80. The number of nitrogens with zero attached hydrogens (tertiary/aromatic N) is 1. The Hall–Kier alpha value is -1.40. The van der Waals surface area contributed by atoms with Gasteiger partial charge in [0.05, 0.1) is 5.75 Å². The number of hydrogen-bond acceptors (Lipinski definition) is 3. The van der Waals surface area contributed by atoms with Gasteiger partial charge in [0.2, 0.25) is 5.91 Å². The monoisotopic (exact) mass is 371 g/mol. The molecule has 21 heavy (non-hydrogen) atoms. The molecule has 0 aromatic heterocycles. The summed E-state index contributed by atoms with van der Waals surface area (Å²) in [4.78, 5) is 13.4. The Morgan fingerprint density at radius 2 is 1.86 bits per heavy atom. The number of benzene rings is 1. The zero-order chi connectivity index (χ0) is 15.9. The van der Waals surface area contributed by atoms with Gasteiger partial charge in [-0.05, 0) is 17.7 Å². The first-order valence-electron chi connectivity index (χ1n) is 6.32. The second-order valence-corrected chi connectivity index (χ2v) is 7.52. The predicted molar refractivity (Wildman–Crippen MR) is 88.6 cm³/mol. The number of carbonyl (C=O) groups excluding carboxylic acids is 1. The molecule has 0 aliphatic heterocycles. The summed E-state index contributed by atoms with van der Waals surface area (Å²) in [5.74, 6) is -1.11. The Morgan fingerprint density at radius 1 is 1.24 bits per heavy atom. The first kappa shape index (κ1) is 17.7. The lowest BCUT2D eigenvalue weighted by Crippen LogP contribution is -2.36. The van der Waals surface area contributed by atoms with Gasteiger partial charge in [-0.25, -0.2) is 8.42 Å². The zero-order valence-corrected chi connectivity index (χ0v) is 14.1. The van der Waals surface area contributed by atoms with Crippen LogP contribution in [0.15, 0.2) is 54.0 Å². The van der Waals surface area contributed by atoms with Crippen molar-refractivity contribution in [1.29, 1.82) is 0 Å². The molecule has 0 aliphatic rings. The maximum absolute atomic E-state index is 12.1. The van der Waals surface area contributed by atoms with Crippen LogP contribution in [0.5, 0.6) is 0 Å². The molecule has 6 heteroatoms. The van der Waals surface area contributed by atoms with E-state index in [2.05, 4.69) is 29.1 Å². The highest BCUT2D eigenvalue weighted by Gasteiger charge is 2.21. The highest BCUT2D eigenvalue weighted by atomic mass is 79.9. The Bertz CT molecular complexity index is 616. The third-order valence-electron chi connectivity index (χ3n) is 2.67. The van der Waals surface area contributed by atoms with Gasteiger partial charge in [-0.1, -0.05) is 40.2 Å². The van der Waals surface area contributed by atoms with Crippen LogP contribution in [-0.2, 0) is 20.4 Å². The van der Waals surface area contributed by atoms with E-state index in [-0.39, 0.29) is 5.75 Å². The van der Waals surface area contributed by atoms with Crippen LogP contribution >= 0.6 is 15.9 Å². The summed E-state index contributed by atoms with van der Waals surface area (Å²) in [7, 11) is -3.51. The molecule has 1 aromatic rings. The van der Waals surface area contributed by atoms with Crippen molar-refractivity contribution >= 4 is 31.7 Å². The summed E-state index contributed by atoms with van der Waals surface area (Å²) < 4.78 is 25.0. The van der Waals surface area contributed by atoms with Gasteiger partial charge in [-0.3, -0.25) is 4.79 Å². The molecule has 0 fully saturated rings. The topological polar surface area (TPSA) is 54.5 Å². The van der Waals surface area contributed by atoms with Gasteiger partial charge in [0.1, 0.15) is 5.75 Å². The number of rotatable bonds is 8. The molecular formula is C15H18BrNO3S. The van der Waals surface area contributed by atoms with Gasteiger partial charge in [0, 0.05) is 17.6 Å². The minimum Gasteiger partial charge on any atom is -0.334 e. The van der Waals surface area contributed by atoms with Crippen molar-refractivity contribution in [3.05, 3.63) is 59.6 Å². The SMILES string of the molecule is C=CCN(CC=C)C(=O)CS(=O)(=O)Cc1cccc(Br)c1. The number of sulfone groups is 1. The van der Waals surface area contributed by atoms with Crippen molar-refractivity contribution in [1.82, 2.24) is 4.90 Å². The van der Waals surface area contributed by atoms with Crippen LogP contribution < -0.4 is 0 Å². The fourth-order valence-corrected chi connectivity index (χ4v) is 3.60. The number of hydrogen-bond donors (Lipinski definition) is 0. The lowest BCUT2D eigenvalue weighted by molar-refractivity contribution is -0.127. The molecule has 4 nitrogen and oxygen atoms in total. The van der Waals surface area contributed by atoms with Crippen molar-refractivity contribution in [2.24, 2.45) is 0 Å². The van der Waals surface area contributed by atoms with Crippen molar-refractivity contribution in [2.45, 2.75) is 5.75 Å². The second-order valence-electron chi connectivity index (χ2n) is 4.54. The lowest BCUT2D eigenvalue weighted by atomic mass is 10.2. The molecule has 0 aliphatic carbocycles. The van der Waals surface area contributed by atoms with E-state index in [0.29, 0.717) is 18.7 Å². The average Bonchev–Trinajstić information content (AvgIpc) is 2.37. The van der Waals surface area contributed by atoms with Crippen LogP contribution in [-0.4, -0.2) is 38.1 Å². The largest absolute Gasteiger partial charge is 0.334 e. The van der Waals surface area contributed by atoms with E-state index in [0.717, 1.165) is 4.47 Å².